The Bertz CT molecular complexity index is 669. The van der Waals surface area contributed by atoms with Crippen molar-refractivity contribution in [1.82, 2.24) is 0 Å². The van der Waals surface area contributed by atoms with E-state index >= 15 is 0 Å². The van der Waals surface area contributed by atoms with Crippen LogP contribution in [0.25, 0.3) is 0 Å². The number of aromatic hydroxyl groups is 1. The Morgan fingerprint density at radius 3 is 2.68 bits per heavy atom. The normalized spacial score (nSPS) is 12.5. The molecule has 1 aromatic rings. The molecule has 2 N–H and O–H groups in total. The van der Waals surface area contributed by atoms with Gasteiger partial charge in [0.25, 0.3) is 0 Å². The zero-order valence-electron chi connectivity index (χ0n) is 9.88. The summed E-state index contributed by atoms with van der Waals surface area (Å²) in [5.41, 5.74) is 0.644. The summed E-state index contributed by atoms with van der Waals surface area (Å²) in [7, 11) is 0. The van der Waals surface area contributed by atoms with Gasteiger partial charge in [0, 0.05) is 5.57 Å². The molecule has 4 heteroatoms. The molecule has 0 heterocycles. The van der Waals surface area contributed by atoms with E-state index < -0.39 is 11.8 Å². The number of Topliss-reactive ketones (excluding diaryl/α,β-unsaturated/α-hetero) is 1. The highest BCUT2D eigenvalue weighted by Gasteiger charge is 2.12. The van der Waals surface area contributed by atoms with Crippen LogP contribution in [-0.2, 0) is 0 Å². The van der Waals surface area contributed by atoms with Crippen LogP contribution in [0.15, 0.2) is 42.0 Å². The van der Waals surface area contributed by atoms with Crippen molar-refractivity contribution < 1.29 is 19.8 Å². The summed E-state index contributed by atoms with van der Waals surface area (Å²) >= 11 is 0. The van der Waals surface area contributed by atoms with E-state index in [-0.39, 0.29) is 16.9 Å². The van der Waals surface area contributed by atoms with Crippen LogP contribution < -0.4 is 0 Å². The number of rotatable bonds is 2. The van der Waals surface area contributed by atoms with Gasteiger partial charge in [0.15, 0.2) is 0 Å². The Morgan fingerprint density at radius 1 is 1.26 bits per heavy atom. The molecule has 0 aromatic heterocycles. The number of benzene rings is 1. The highest BCUT2D eigenvalue weighted by molar-refractivity contribution is 6.11. The van der Waals surface area contributed by atoms with Gasteiger partial charge in [0.05, 0.1) is 11.1 Å². The molecule has 94 valence electrons. The van der Waals surface area contributed by atoms with Gasteiger partial charge in [-0.15, -0.1) is 0 Å². The van der Waals surface area contributed by atoms with Gasteiger partial charge in [0.2, 0.25) is 5.78 Å². The lowest BCUT2D eigenvalue weighted by Gasteiger charge is -2.01. The number of carbonyl (C=O) groups is 2. The van der Waals surface area contributed by atoms with Crippen molar-refractivity contribution in [2.75, 3.05) is 0 Å². The standard InChI is InChI=1S/C15H10O4/c16-13(7-5-10-3-1-2-4-10)12-9-11(15(18)19)6-8-14(12)17/h1-3,6,8-9,17H,4H2,(H,18,19). The van der Waals surface area contributed by atoms with E-state index in [1.165, 1.54) is 12.1 Å². The lowest BCUT2D eigenvalue weighted by Crippen LogP contribution is -2.01. The fraction of sp³-hybridized carbons (Fsp3) is 0.0667. The van der Waals surface area contributed by atoms with Gasteiger partial charge < -0.3 is 10.2 Å². The topological polar surface area (TPSA) is 74.6 Å². The third-order valence-electron chi connectivity index (χ3n) is 2.60. The molecule has 0 radical (unpaired) electrons. The molecule has 1 aliphatic carbocycles. The average molecular weight is 254 g/mol. The summed E-state index contributed by atoms with van der Waals surface area (Å²) in [5, 5.41) is 18.4. The van der Waals surface area contributed by atoms with Crippen LogP contribution in [0.2, 0.25) is 0 Å². The van der Waals surface area contributed by atoms with Gasteiger partial charge in [-0.25, -0.2) is 4.79 Å². The van der Waals surface area contributed by atoms with Crippen LogP contribution in [0.3, 0.4) is 0 Å². The van der Waals surface area contributed by atoms with Crippen molar-refractivity contribution in [3.05, 3.63) is 53.1 Å². The largest absolute Gasteiger partial charge is 0.507 e. The fourth-order valence-corrected chi connectivity index (χ4v) is 1.60. The van der Waals surface area contributed by atoms with E-state index in [0.29, 0.717) is 6.42 Å². The first-order valence-corrected chi connectivity index (χ1v) is 5.56. The summed E-state index contributed by atoms with van der Waals surface area (Å²) in [6.45, 7) is 0. The fourth-order valence-electron chi connectivity index (χ4n) is 1.60. The second-order valence-corrected chi connectivity index (χ2v) is 3.94. The van der Waals surface area contributed by atoms with Crippen LogP contribution in [0, 0.1) is 11.8 Å². The number of aromatic carboxylic acids is 1. The summed E-state index contributed by atoms with van der Waals surface area (Å²) in [6.07, 6.45) is 6.24. The maximum atomic E-state index is 11.8. The SMILES string of the molecule is O=C(O)c1ccc(O)c(C(=O)C#CC2=CC=CC2)c1. The van der Waals surface area contributed by atoms with Gasteiger partial charge in [0.1, 0.15) is 5.75 Å². The highest BCUT2D eigenvalue weighted by Crippen LogP contribution is 2.19. The van der Waals surface area contributed by atoms with Crippen LogP contribution in [-0.4, -0.2) is 22.0 Å². The Hall–Kier alpha value is -2.80. The van der Waals surface area contributed by atoms with Crippen LogP contribution >= 0.6 is 0 Å². The van der Waals surface area contributed by atoms with Gasteiger partial charge in [-0.05, 0) is 30.5 Å². The van der Waals surface area contributed by atoms with Crippen molar-refractivity contribution in [3.63, 3.8) is 0 Å². The molecule has 0 saturated carbocycles. The maximum Gasteiger partial charge on any atom is 0.335 e. The summed E-state index contributed by atoms with van der Waals surface area (Å²) < 4.78 is 0. The molecule has 0 saturated heterocycles. The number of phenolic OH excluding ortho intramolecular Hbond substituents is 1. The number of carboxylic acids is 1. The number of hydrogen-bond acceptors (Lipinski definition) is 3. The van der Waals surface area contributed by atoms with E-state index in [0.717, 1.165) is 11.6 Å². The van der Waals surface area contributed by atoms with E-state index in [2.05, 4.69) is 11.8 Å². The van der Waals surface area contributed by atoms with E-state index in [1.807, 2.05) is 12.2 Å². The van der Waals surface area contributed by atoms with Crippen LogP contribution in [0.1, 0.15) is 27.1 Å². The molecule has 0 unspecified atom stereocenters. The highest BCUT2D eigenvalue weighted by atomic mass is 16.4. The molecule has 1 aliphatic rings. The zero-order chi connectivity index (χ0) is 13.8. The molecule has 0 fully saturated rings. The number of carbonyl (C=O) groups excluding carboxylic acids is 1. The van der Waals surface area contributed by atoms with E-state index in [9.17, 15) is 14.7 Å². The number of ketones is 1. The molecule has 0 bridgehead atoms. The maximum absolute atomic E-state index is 11.8. The lowest BCUT2D eigenvalue weighted by atomic mass is 10.1. The monoisotopic (exact) mass is 254 g/mol. The Morgan fingerprint density at radius 2 is 2.05 bits per heavy atom. The predicted molar refractivity (Wildman–Crippen MR) is 69.0 cm³/mol. The van der Waals surface area contributed by atoms with Crippen molar-refractivity contribution in [2.45, 2.75) is 6.42 Å². The summed E-state index contributed by atoms with van der Waals surface area (Å²) in [4.78, 5) is 22.6. The lowest BCUT2D eigenvalue weighted by molar-refractivity contribution is 0.0697. The van der Waals surface area contributed by atoms with Gasteiger partial charge in [-0.3, -0.25) is 4.79 Å². The second-order valence-electron chi connectivity index (χ2n) is 3.94. The molecule has 4 nitrogen and oxygen atoms in total. The van der Waals surface area contributed by atoms with Crippen molar-refractivity contribution in [2.24, 2.45) is 0 Å². The molecular formula is C15H10O4. The minimum absolute atomic E-state index is 0.0651. The van der Waals surface area contributed by atoms with Crippen LogP contribution in [0.4, 0.5) is 0 Å². The van der Waals surface area contributed by atoms with Gasteiger partial charge >= 0.3 is 5.97 Å². The molecule has 0 aliphatic heterocycles. The first kappa shape index (κ1) is 12.7. The van der Waals surface area contributed by atoms with E-state index in [4.69, 9.17) is 5.11 Å². The Kier molecular flexibility index (Phi) is 3.48. The quantitative estimate of drug-likeness (QED) is 0.482. The van der Waals surface area contributed by atoms with Gasteiger partial charge in [-0.2, -0.15) is 0 Å². The first-order chi connectivity index (χ1) is 9.08. The third-order valence-corrected chi connectivity index (χ3v) is 2.60. The van der Waals surface area contributed by atoms with Gasteiger partial charge in [-0.1, -0.05) is 24.1 Å². The number of hydrogen-bond donors (Lipinski definition) is 2. The third kappa shape index (κ3) is 2.90. The molecule has 0 spiro atoms. The molecule has 1 aromatic carbocycles. The molecule has 0 atom stereocenters. The number of phenols is 1. The van der Waals surface area contributed by atoms with Crippen molar-refractivity contribution in [3.8, 4) is 17.6 Å². The Balaban J connectivity index is 2.28. The summed E-state index contributed by atoms with van der Waals surface area (Å²) in [5.74, 6) is 3.05. The van der Waals surface area contributed by atoms with Crippen molar-refractivity contribution >= 4 is 11.8 Å². The molecule has 19 heavy (non-hydrogen) atoms. The zero-order valence-corrected chi connectivity index (χ0v) is 9.88. The molecular weight excluding hydrogens is 244 g/mol. The predicted octanol–water partition coefficient (Wildman–Crippen LogP) is 2.16. The minimum Gasteiger partial charge on any atom is -0.507 e. The van der Waals surface area contributed by atoms with E-state index in [1.54, 1.807) is 6.08 Å². The summed E-state index contributed by atoms with van der Waals surface area (Å²) in [6, 6.07) is 3.52. The molecule has 0 amide bonds. The number of carboxylic acid groups (broad SMARTS) is 1. The minimum atomic E-state index is -1.16. The smallest absolute Gasteiger partial charge is 0.335 e. The molecule has 2 rings (SSSR count). The van der Waals surface area contributed by atoms with Crippen molar-refractivity contribution in [1.29, 1.82) is 0 Å². The number of allylic oxidation sites excluding steroid dienone is 4. The average Bonchev–Trinajstić information content (AvgIpc) is 2.89. The second kappa shape index (κ2) is 5.23. The van der Waals surface area contributed by atoms with Crippen LogP contribution in [0.5, 0.6) is 5.75 Å². The first-order valence-electron chi connectivity index (χ1n) is 5.56. The Labute approximate surface area is 109 Å².